The molecule has 0 bridgehead atoms. The molecule has 6 nitrogen and oxygen atoms in total. The van der Waals surface area contributed by atoms with E-state index in [0.717, 1.165) is 18.5 Å². The monoisotopic (exact) mass is 338 g/mol. The zero-order chi connectivity index (χ0) is 16.7. The van der Waals surface area contributed by atoms with Crippen LogP contribution in [-0.2, 0) is 11.2 Å². The van der Waals surface area contributed by atoms with E-state index >= 15 is 0 Å². The van der Waals surface area contributed by atoms with Crippen LogP contribution in [0.5, 0.6) is 0 Å². The summed E-state index contributed by atoms with van der Waals surface area (Å²) in [6, 6.07) is 0.247. The number of nitrogens with zero attached hydrogens (tertiary/aromatic N) is 1. The number of amides is 3. The van der Waals surface area contributed by atoms with Crippen molar-refractivity contribution in [1.29, 1.82) is 0 Å². The molecule has 1 saturated carbocycles. The van der Waals surface area contributed by atoms with E-state index in [4.69, 9.17) is 0 Å². The van der Waals surface area contributed by atoms with E-state index in [2.05, 4.69) is 20.9 Å². The Labute approximate surface area is 141 Å². The zero-order valence-electron chi connectivity index (χ0n) is 13.9. The molecule has 0 unspecified atom stereocenters. The molecule has 23 heavy (non-hydrogen) atoms. The molecule has 1 fully saturated rings. The number of carbonyl (C=O) groups excluding carboxylic acids is 2. The van der Waals surface area contributed by atoms with Gasteiger partial charge in [0.05, 0.1) is 5.69 Å². The van der Waals surface area contributed by atoms with Gasteiger partial charge in [-0.15, -0.1) is 11.3 Å². The Morgan fingerprint density at radius 1 is 1.30 bits per heavy atom. The van der Waals surface area contributed by atoms with Crippen LogP contribution in [0, 0.1) is 0 Å². The molecular weight excluding hydrogens is 312 g/mol. The summed E-state index contributed by atoms with van der Waals surface area (Å²) >= 11 is 1.39. The Bertz CT molecular complexity index is 524. The Morgan fingerprint density at radius 2 is 2.04 bits per heavy atom. The van der Waals surface area contributed by atoms with E-state index in [1.54, 1.807) is 0 Å². The first-order valence-corrected chi connectivity index (χ1v) is 9.22. The van der Waals surface area contributed by atoms with Crippen molar-refractivity contribution in [2.24, 2.45) is 0 Å². The van der Waals surface area contributed by atoms with Crippen molar-refractivity contribution >= 4 is 28.4 Å². The van der Waals surface area contributed by atoms with Gasteiger partial charge < -0.3 is 10.6 Å². The number of carbonyl (C=O) groups is 2. The lowest BCUT2D eigenvalue weighted by Crippen LogP contribution is -2.39. The standard InChI is InChI=1S/C16H26N4O2S/c1-11(2)17-14(21)9-8-13-10-23-16(19-13)20-15(22)18-12-6-4-3-5-7-12/h10-12H,3-9H2,1-2H3,(H,17,21)(H2,18,19,20,22). The highest BCUT2D eigenvalue weighted by atomic mass is 32.1. The fourth-order valence-corrected chi connectivity index (χ4v) is 3.42. The van der Waals surface area contributed by atoms with E-state index in [1.807, 2.05) is 19.2 Å². The number of rotatable bonds is 6. The van der Waals surface area contributed by atoms with Gasteiger partial charge in [0.2, 0.25) is 5.91 Å². The van der Waals surface area contributed by atoms with Crippen LogP contribution in [-0.4, -0.2) is 29.0 Å². The van der Waals surface area contributed by atoms with Gasteiger partial charge >= 0.3 is 6.03 Å². The lowest BCUT2D eigenvalue weighted by Gasteiger charge is -2.22. The lowest BCUT2D eigenvalue weighted by atomic mass is 9.96. The van der Waals surface area contributed by atoms with E-state index < -0.39 is 0 Å². The van der Waals surface area contributed by atoms with Gasteiger partial charge in [-0.2, -0.15) is 0 Å². The van der Waals surface area contributed by atoms with Crippen LogP contribution in [0.15, 0.2) is 5.38 Å². The molecule has 1 aromatic heterocycles. The van der Waals surface area contributed by atoms with Crippen LogP contribution in [0.25, 0.3) is 0 Å². The Balaban J connectivity index is 1.73. The van der Waals surface area contributed by atoms with Crippen molar-refractivity contribution in [3.05, 3.63) is 11.1 Å². The minimum Gasteiger partial charge on any atom is -0.354 e. The number of aromatic nitrogens is 1. The van der Waals surface area contributed by atoms with Gasteiger partial charge in [-0.25, -0.2) is 9.78 Å². The smallest absolute Gasteiger partial charge is 0.321 e. The zero-order valence-corrected chi connectivity index (χ0v) is 14.7. The molecule has 1 heterocycles. The molecule has 3 amide bonds. The second kappa shape index (κ2) is 8.86. The van der Waals surface area contributed by atoms with Crippen LogP contribution >= 0.6 is 11.3 Å². The summed E-state index contributed by atoms with van der Waals surface area (Å²) < 4.78 is 0. The van der Waals surface area contributed by atoms with Crippen molar-refractivity contribution in [3.63, 3.8) is 0 Å². The molecule has 0 saturated heterocycles. The van der Waals surface area contributed by atoms with Crippen LogP contribution < -0.4 is 16.0 Å². The van der Waals surface area contributed by atoms with Crippen molar-refractivity contribution in [2.75, 3.05) is 5.32 Å². The first kappa shape index (κ1) is 17.7. The molecule has 0 aromatic carbocycles. The molecule has 1 aliphatic rings. The van der Waals surface area contributed by atoms with Gasteiger partial charge in [0.1, 0.15) is 0 Å². The van der Waals surface area contributed by atoms with E-state index in [0.29, 0.717) is 18.0 Å². The second-order valence-electron chi connectivity index (χ2n) is 6.30. The number of thiazole rings is 1. The van der Waals surface area contributed by atoms with E-state index in [1.165, 1.54) is 30.6 Å². The predicted molar refractivity (Wildman–Crippen MR) is 92.7 cm³/mol. The van der Waals surface area contributed by atoms with E-state index in [-0.39, 0.29) is 24.0 Å². The predicted octanol–water partition coefficient (Wildman–Crippen LogP) is 3.05. The minimum atomic E-state index is -0.185. The highest BCUT2D eigenvalue weighted by molar-refractivity contribution is 7.13. The third-order valence-corrected chi connectivity index (χ3v) is 4.58. The SMILES string of the molecule is CC(C)NC(=O)CCc1csc(NC(=O)NC2CCCCC2)n1. The van der Waals surface area contributed by atoms with Crippen molar-refractivity contribution in [2.45, 2.75) is 70.9 Å². The average Bonchev–Trinajstić information content (AvgIpc) is 2.93. The summed E-state index contributed by atoms with van der Waals surface area (Å²) in [6.45, 7) is 3.88. The molecule has 0 spiro atoms. The highest BCUT2D eigenvalue weighted by Crippen LogP contribution is 2.19. The summed E-state index contributed by atoms with van der Waals surface area (Å²) in [5.74, 6) is 0.0255. The van der Waals surface area contributed by atoms with Crippen LogP contribution in [0.2, 0.25) is 0 Å². The van der Waals surface area contributed by atoms with Crippen LogP contribution in [0.1, 0.15) is 58.1 Å². The maximum Gasteiger partial charge on any atom is 0.321 e. The number of nitrogens with one attached hydrogen (secondary N) is 3. The average molecular weight is 338 g/mol. The Morgan fingerprint density at radius 3 is 2.74 bits per heavy atom. The summed E-state index contributed by atoms with van der Waals surface area (Å²) in [6.07, 6.45) is 6.75. The molecule has 0 aliphatic heterocycles. The van der Waals surface area contributed by atoms with Crippen molar-refractivity contribution in [1.82, 2.24) is 15.6 Å². The highest BCUT2D eigenvalue weighted by Gasteiger charge is 2.16. The largest absolute Gasteiger partial charge is 0.354 e. The molecule has 2 rings (SSSR count). The topological polar surface area (TPSA) is 83.1 Å². The quantitative estimate of drug-likeness (QED) is 0.745. The molecule has 7 heteroatoms. The number of hydrogen-bond donors (Lipinski definition) is 3. The first-order valence-electron chi connectivity index (χ1n) is 8.34. The molecular formula is C16H26N4O2S. The summed E-state index contributed by atoms with van der Waals surface area (Å²) in [7, 11) is 0. The molecule has 1 aliphatic carbocycles. The van der Waals surface area contributed by atoms with Gasteiger partial charge in [-0.3, -0.25) is 10.1 Å². The molecule has 128 valence electrons. The molecule has 3 N–H and O–H groups in total. The van der Waals surface area contributed by atoms with Crippen molar-refractivity contribution < 1.29 is 9.59 Å². The van der Waals surface area contributed by atoms with Crippen LogP contribution in [0.4, 0.5) is 9.93 Å². The number of aryl methyl sites for hydroxylation is 1. The minimum absolute atomic E-state index is 0.0255. The van der Waals surface area contributed by atoms with Gasteiger partial charge in [0.15, 0.2) is 5.13 Å². The third kappa shape index (κ3) is 6.56. The molecule has 0 atom stereocenters. The lowest BCUT2D eigenvalue weighted by molar-refractivity contribution is -0.121. The Hall–Kier alpha value is -1.63. The fraction of sp³-hybridized carbons (Fsp3) is 0.688. The molecule has 1 aromatic rings. The number of anilines is 1. The second-order valence-corrected chi connectivity index (χ2v) is 7.16. The van der Waals surface area contributed by atoms with Gasteiger partial charge in [-0.05, 0) is 33.1 Å². The van der Waals surface area contributed by atoms with Gasteiger partial charge in [-0.1, -0.05) is 19.3 Å². The summed E-state index contributed by atoms with van der Waals surface area (Å²) in [5.41, 5.74) is 0.835. The maximum atomic E-state index is 12.0. The van der Waals surface area contributed by atoms with Crippen molar-refractivity contribution in [3.8, 4) is 0 Å². The fourth-order valence-electron chi connectivity index (χ4n) is 2.68. The maximum absolute atomic E-state index is 12.0. The normalized spacial score (nSPS) is 15.4. The summed E-state index contributed by atoms with van der Waals surface area (Å²) in [5, 5.41) is 11.1. The summed E-state index contributed by atoms with van der Waals surface area (Å²) in [4.78, 5) is 27.9. The number of urea groups is 1. The first-order chi connectivity index (χ1) is 11.0. The number of hydrogen-bond acceptors (Lipinski definition) is 4. The van der Waals surface area contributed by atoms with Gasteiger partial charge in [0, 0.05) is 23.9 Å². The Kier molecular flexibility index (Phi) is 6.83. The van der Waals surface area contributed by atoms with Gasteiger partial charge in [0.25, 0.3) is 0 Å². The van der Waals surface area contributed by atoms with Crippen LogP contribution in [0.3, 0.4) is 0 Å². The third-order valence-electron chi connectivity index (χ3n) is 3.77. The molecule has 0 radical (unpaired) electrons. The van der Waals surface area contributed by atoms with E-state index in [9.17, 15) is 9.59 Å².